The van der Waals surface area contributed by atoms with Crippen molar-refractivity contribution in [3.63, 3.8) is 0 Å². The van der Waals surface area contributed by atoms with Crippen molar-refractivity contribution in [2.75, 3.05) is 6.79 Å². The van der Waals surface area contributed by atoms with Gasteiger partial charge in [0.15, 0.2) is 11.5 Å². The third-order valence-corrected chi connectivity index (χ3v) is 3.48. The van der Waals surface area contributed by atoms with E-state index in [4.69, 9.17) is 44.3 Å². The van der Waals surface area contributed by atoms with Crippen molar-refractivity contribution < 1.29 is 9.47 Å². The molecular weight excluding hydrogens is 325 g/mol. The Morgan fingerprint density at radius 3 is 2.45 bits per heavy atom. The van der Waals surface area contributed by atoms with Crippen LogP contribution < -0.4 is 9.47 Å². The molecule has 1 aliphatic heterocycles. The van der Waals surface area contributed by atoms with Crippen molar-refractivity contribution in [1.29, 1.82) is 0 Å². The van der Waals surface area contributed by atoms with Crippen LogP contribution in [0, 0.1) is 0 Å². The van der Waals surface area contributed by atoms with Crippen molar-refractivity contribution in [3.05, 3.63) is 42.2 Å². The minimum atomic E-state index is -1.60. The number of nitrogens with zero attached hydrogens (tertiary/aromatic N) is 3. The number of aromatic nitrogens is 3. The Morgan fingerprint density at radius 1 is 1.05 bits per heavy atom. The molecule has 0 bridgehead atoms. The molecule has 2 heterocycles. The Morgan fingerprint density at radius 2 is 1.75 bits per heavy atom. The Hall–Kier alpha value is -1.30. The molecule has 1 aliphatic rings. The molecule has 1 aromatic carbocycles. The highest BCUT2D eigenvalue weighted by Crippen LogP contribution is 2.46. The number of rotatable bonds is 2. The topological polar surface area (TPSA) is 57.1 Å². The maximum Gasteiger partial charge on any atom is 0.231 e. The summed E-state index contributed by atoms with van der Waals surface area (Å²) in [6.07, 6.45) is 2.72. The normalized spacial score (nSPS) is 15.2. The highest BCUT2D eigenvalue weighted by molar-refractivity contribution is 6.68. The van der Waals surface area contributed by atoms with Crippen LogP contribution in [-0.2, 0) is 0 Å². The van der Waals surface area contributed by atoms with Crippen molar-refractivity contribution in [2.45, 2.75) is 9.71 Å². The zero-order chi connectivity index (χ0) is 14.2. The summed E-state index contributed by atoms with van der Waals surface area (Å²) in [7, 11) is 0. The van der Waals surface area contributed by atoms with Gasteiger partial charge >= 0.3 is 0 Å². The minimum Gasteiger partial charge on any atom is -0.454 e. The van der Waals surface area contributed by atoms with E-state index in [1.165, 1.54) is 12.7 Å². The highest BCUT2D eigenvalue weighted by atomic mass is 35.6. The van der Waals surface area contributed by atoms with Gasteiger partial charge in [-0.1, -0.05) is 40.9 Å². The van der Waals surface area contributed by atoms with Gasteiger partial charge < -0.3 is 9.47 Å². The molecule has 0 saturated carbocycles. The monoisotopic (exact) mass is 331 g/mol. The highest BCUT2D eigenvalue weighted by Gasteiger charge is 2.38. The van der Waals surface area contributed by atoms with E-state index in [1.54, 1.807) is 18.2 Å². The summed E-state index contributed by atoms with van der Waals surface area (Å²) < 4.78 is 8.99. The second kappa shape index (κ2) is 5.24. The Bertz CT molecular complexity index is 619. The summed E-state index contributed by atoms with van der Waals surface area (Å²) in [4.78, 5) is 11.9. The molecule has 20 heavy (non-hydrogen) atoms. The third-order valence-electron chi connectivity index (χ3n) is 2.83. The van der Waals surface area contributed by atoms with Gasteiger partial charge in [-0.3, -0.25) is 0 Å². The van der Waals surface area contributed by atoms with Crippen LogP contribution in [0.2, 0.25) is 0 Å². The zero-order valence-corrected chi connectivity index (χ0v) is 12.2. The van der Waals surface area contributed by atoms with Gasteiger partial charge in [0, 0.05) is 0 Å². The summed E-state index contributed by atoms with van der Waals surface area (Å²) in [5.74, 6) is 1.01. The Balaban J connectivity index is 2.07. The molecule has 0 fully saturated rings. The molecule has 104 valence electrons. The number of hydrogen-bond donors (Lipinski definition) is 0. The molecule has 5 nitrogen and oxygen atoms in total. The van der Waals surface area contributed by atoms with Crippen LogP contribution in [0.3, 0.4) is 0 Å². The lowest BCUT2D eigenvalue weighted by molar-refractivity contribution is 0.174. The summed E-state index contributed by atoms with van der Waals surface area (Å²) in [6.45, 7) is 0.184. The summed E-state index contributed by atoms with van der Waals surface area (Å²) >= 11 is 18.2. The van der Waals surface area contributed by atoms with Gasteiger partial charge in [-0.2, -0.15) is 0 Å². The second-order valence-electron chi connectivity index (χ2n) is 4.08. The summed E-state index contributed by atoms with van der Waals surface area (Å²) in [5.41, 5.74) is 0.723. The lowest BCUT2D eigenvalue weighted by Gasteiger charge is -2.23. The molecule has 2 aromatic rings. The fourth-order valence-corrected chi connectivity index (χ4v) is 2.65. The van der Waals surface area contributed by atoms with Crippen LogP contribution in [0.4, 0.5) is 0 Å². The molecule has 0 N–H and O–H groups in total. The first-order valence-corrected chi connectivity index (χ1v) is 6.77. The average Bonchev–Trinajstić information content (AvgIpc) is 2.86. The molecule has 1 unspecified atom stereocenters. The average molecular weight is 333 g/mol. The van der Waals surface area contributed by atoms with Gasteiger partial charge in [0.2, 0.25) is 10.6 Å². The molecule has 3 rings (SSSR count). The maximum absolute atomic E-state index is 6.08. The van der Waals surface area contributed by atoms with Gasteiger partial charge in [-0.25, -0.2) is 15.0 Å². The predicted molar refractivity (Wildman–Crippen MR) is 74.5 cm³/mol. The third kappa shape index (κ3) is 2.61. The SMILES string of the molecule is ClC(Cl)(Cl)C(c1ccc2c(c1)OCO2)c1ncncn1. The van der Waals surface area contributed by atoms with E-state index in [0.717, 1.165) is 5.56 Å². The molecular formula is C12H8Cl3N3O2. The molecule has 0 amide bonds. The van der Waals surface area contributed by atoms with Crippen molar-refractivity contribution >= 4 is 34.8 Å². The molecule has 1 aromatic heterocycles. The molecule has 0 aliphatic carbocycles. The fraction of sp³-hybridized carbons (Fsp3) is 0.250. The van der Waals surface area contributed by atoms with E-state index in [0.29, 0.717) is 17.3 Å². The van der Waals surface area contributed by atoms with E-state index in [2.05, 4.69) is 15.0 Å². The predicted octanol–water partition coefficient (Wildman–Crippen LogP) is 3.10. The minimum absolute atomic E-state index is 0.184. The lowest BCUT2D eigenvalue weighted by atomic mass is 9.99. The van der Waals surface area contributed by atoms with E-state index < -0.39 is 9.71 Å². The Kier molecular flexibility index (Phi) is 3.58. The van der Waals surface area contributed by atoms with E-state index in [-0.39, 0.29) is 6.79 Å². The van der Waals surface area contributed by atoms with Gasteiger partial charge in [0.05, 0.1) is 5.92 Å². The molecule has 0 radical (unpaired) electrons. The van der Waals surface area contributed by atoms with Gasteiger partial charge in [0.25, 0.3) is 0 Å². The number of halogens is 3. The first-order valence-electron chi connectivity index (χ1n) is 5.64. The largest absolute Gasteiger partial charge is 0.454 e. The molecule has 1 atom stereocenters. The van der Waals surface area contributed by atoms with Gasteiger partial charge in [-0.15, -0.1) is 0 Å². The van der Waals surface area contributed by atoms with Crippen molar-refractivity contribution in [1.82, 2.24) is 15.0 Å². The fourth-order valence-electron chi connectivity index (χ4n) is 1.97. The Labute approximate surface area is 129 Å². The number of benzene rings is 1. The lowest BCUT2D eigenvalue weighted by Crippen LogP contribution is -2.21. The molecule has 8 heteroatoms. The summed E-state index contributed by atoms with van der Waals surface area (Å²) in [5, 5.41) is 0. The van der Waals surface area contributed by atoms with Crippen molar-refractivity contribution in [3.8, 4) is 11.5 Å². The van der Waals surface area contributed by atoms with Crippen LogP contribution in [0.15, 0.2) is 30.9 Å². The van der Waals surface area contributed by atoms with E-state index in [1.807, 2.05) is 0 Å². The number of alkyl halides is 3. The van der Waals surface area contributed by atoms with Gasteiger partial charge in [0.1, 0.15) is 18.5 Å². The van der Waals surface area contributed by atoms with Crippen LogP contribution >= 0.6 is 34.8 Å². The van der Waals surface area contributed by atoms with E-state index >= 15 is 0 Å². The number of fused-ring (bicyclic) bond motifs is 1. The first kappa shape index (κ1) is 13.7. The number of hydrogen-bond acceptors (Lipinski definition) is 5. The van der Waals surface area contributed by atoms with Crippen LogP contribution in [0.25, 0.3) is 0 Å². The maximum atomic E-state index is 6.08. The summed E-state index contributed by atoms with van der Waals surface area (Å²) in [6, 6.07) is 5.32. The molecule has 0 saturated heterocycles. The standard InChI is InChI=1S/C12H8Cl3N3O2/c13-12(14,15)10(11-17-4-16-5-18-11)7-1-2-8-9(3-7)20-6-19-8/h1-5,10H,6H2. The van der Waals surface area contributed by atoms with Crippen LogP contribution in [-0.4, -0.2) is 25.5 Å². The van der Waals surface area contributed by atoms with Crippen LogP contribution in [0.5, 0.6) is 11.5 Å². The molecule has 0 spiro atoms. The number of ether oxygens (including phenoxy) is 2. The van der Waals surface area contributed by atoms with E-state index in [9.17, 15) is 0 Å². The van der Waals surface area contributed by atoms with Crippen molar-refractivity contribution in [2.24, 2.45) is 0 Å². The second-order valence-corrected chi connectivity index (χ2v) is 6.45. The quantitative estimate of drug-likeness (QED) is 0.791. The van der Waals surface area contributed by atoms with Gasteiger partial charge in [-0.05, 0) is 17.7 Å². The zero-order valence-electron chi connectivity index (χ0n) is 9.96. The van der Waals surface area contributed by atoms with Crippen LogP contribution in [0.1, 0.15) is 17.3 Å². The smallest absolute Gasteiger partial charge is 0.231 e. The first-order chi connectivity index (χ1) is 9.55.